The first-order chi connectivity index (χ1) is 11.5. The summed E-state index contributed by atoms with van der Waals surface area (Å²) in [6.45, 7) is 5.62. The van der Waals surface area contributed by atoms with Crippen LogP contribution in [0, 0.1) is 0 Å². The van der Waals surface area contributed by atoms with Crippen molar-refractivity contribution < 1.29 is 19.1 Å². The lowest BCUT2D eigenvalue weighted by molar-refractivity contribution is -0.115. The van der Waals surface area contributed by atoms with Crippen LogP contribution >= 0.6 is 11.8 Å². The lowest BCUT2D eigenvalue weighted by atomic mass is 10.1. The van der Waals surface area contributed by atoms with Crippen molar-refractivity contribution in [2.24, 2.45) is 0 Å². The molecule has 1 saturated heterocycles. The fraction of sp³-hybridized carbons (Fsp3) is 0.412. The summed E-state index contributed by atoms with van der Waals surface area (Å²) < 4.78 is 11.0. The topological polar surface area (TPSA) is 76.7 Å². The molecule has 1 aromatic rings. The van der Waals surface area contributed by atoms with Crippen molar-refractivity contribution in [1.29, 1.82) is 0 Å². The van der Waals surface area contributed by atoms with E-state index < -0.39 is 0 Å². The van der Waals surface area contributed by atoms with Crippen LogP contribution in [-0.2, 0) is 4.79 Å². The molecule has 1 aliphatic heterocycles. The van der Waals surface area contributed by atoms with Gasteiger partial charge in [0.2, 0.25) is 0 Å². The van der Waals surface area contributed by atoms with Crippen LogP contribution in [0.5, 0.6) is 11.5 Å². The number of rotatable bonds is 8. The van der Waals surface area contributed by atoms with Gasteiger partial charge in [0.25, 0.3) is 11.1 Å². The van der Waals surface area contributed by atoms with E-state index in [4.69, 9.17) is 9.47 Å². The zero-order valence-corrected chi connectivity index (χ0v) is 14.9. The van der Waals surface area contributed by atoms with Crippen molar-refractivity contribution in [3.05, 3.63) is 28.7 Å². The lowest BCUT2D eigenvalue weighted by Crippen LogP contribution is -2.24. The molecule has 2 amide bonds. The molecule has 2 rings (SSSR count). The largest absolute Gasteiger partial charge is 0.497 e. The number of nitrogens with one attached hydrogen (secondary N) is 2. The van der Waals surface area contributed by atoms with E-state index in [9.17, 15) is 9.59 Å². The molecule has 0 aliphatic carbocycles. The second kappa shape index (κ2) is 8.75. The summed E-state index contributed by atoms with van der Waals surface area (Å²) in [7, 11) is 1.57. The summed E-state index contributed by atoms with van der Waals surface area (Å²) in [6.07, 6.45) is 2.52. The molecule has 7 heteroatoms. The number of hydrogen-bond donors (Lipinski definition) is 2. The number of hydrogen-bond acceptors (Lipinski definition) is 6. The number of imide groups is 1. The van der Waals surface area contributed by atoms with Crippen molar-refractivity contribution in [3.8, 4) is 11.5 Å². The maximum atomic E-state index is 11.7. The van der Waals surface area contributed by atoms with Crippen LogP contribution in [-0.4, -0.2) is 37.4 Å². The van der Waals surface area contributed by atoms with Gasteiger partial charge in [-0.25, -0.2) is 0 Å². The predicted molar refractivity (Wildman–Crippen MR) is 95.4 cm³/mol. The minimum absolute atomic E-state index is 0.347. The van der Waals surface area contributed by atoms with E-state index in [0.717, 1.165) is 24.7 Å². The Labute approximate surface area is 146 Å². The summed E-state index contributed by atoms with van der Waals surface area (Å²) in [5.74, 6) is 0.922. The van der Waals surface area contributed by atoms with Gasteiger partial charge in [0.05, 0.1) is 18.6 Å². The Hall–Kier alpha value is -1.99. The van der Waals surface area contributed by atoms with Crippen LogP contribution in [0.4, 0.5) is 4.79 Å². The van der Waals surface area contributed by atoms with Gasteiger partial charge >= 0.3 is 0 Å². The summed E-state index contributed by atoms with van der Waals surface area (Å²) in [5.41, 5.74) is 0.707. The summed E-state index contributed by atoms with van der Waals surface area (Å²) in [6, 6.07) is 5.84. The minimum atomic E-state index is -0.389. The van der Waals surface area contributed by atoms with Crippen molar-refractivity contribution in [2.75, 3.05) is 20.3 Å². The van der Waals surface area contributed by atoms with Crippen molar-refractivity contribution >= 4 is 29.0 Å². The number of carbonyl (C=O) groups excluding carboxylic acids is 2. The van der Waals surface area contributed by atoms with E-state index in [1.807, 2.05) is 0 Å². The van der Waals surface area contributed by atoms with E-state index >= 15 is 0 Å². The standard InChI is InChI=1S/C17H22N2O4S/c1-11(2)18-7-4-8-23-14-6-5-13(22-3)9-12(14)10-15-16(20)19-17(21)24-15/h5-6,9-11,18H,4,7-8H2,1-3H3,(H,19,20,21). The third kappa shape index (κ3) is 5.28. The fourth-order valence-electron chi connectivity index (χ4n) is 2.11. The third-order valence-corrected chi connectivity index (χ3v) is 4.09. The highest BCUT2D eigenvalue weighted by atomic mass is 32.2. The van der Waals surface area contributed by atoms with Crippen molar-refractivity contribution in [3.63, 3.8) is 0 Å². The number of thioether (sulfide) groups is 1. The highest BCUT2D eigenvalue weighted by Crippen LogP contribution is 2.31. The van der Waals surface area contributed by atoms with Crippen LogP contribution < -0.4 is 20.1 Å². The maximum absolute atomic E-state index is 11.7. The van der Waals surface area contributed by atoms with E-state index in [-0.39, 0.29) is 11.1 Å². The Bertz CT molecular complexity index is 643. The number of benzene rings is 1. The smallest absolute Gasteiger partial charge is 0.290 e. The SMILES string of the molecule is COc1ccc(OCCCNC(C)C)c(C=C2SC(=O)NC2=O)c1. The van der Waals surface area contributed by atoms with Crippen LogP contribution in [0.1, 0.15) is 25.8 Å². The first-order valence-corrected chi connectivity index (χ1v) is 8.60. The Morgan fingerprint density at radius 1 is 1.33 bits per heavy atom. The number of carbonyl (C=O) groups is 2. The summed E-state index contributed by atoms with van der Waals surface area (Å²) >= 11 is 0.881. The second-order valence-electron chi connectivity index (χ2n) is 5.57. The quantitative estimate of drug-likeness (QED) is 0.555. The molecule has 0 saturated carbocycles. The Kier molecular flexibility index (Phi) is 6.69. The predicted octanol–water partition coefficient (Wildman–Crippen LogP) is 2.79. The van der Waals surface area contributed by atoms with Crippen LogP contribution in [0.25, 0.3) is 6.08 Å². The molecule has 6 nitrogen and oxygen atoms in total. The first-order valence-electron chi connectivity index (χ1n) is 7.78. The zero-order valence-electron chi connectivity index (χ0n) is 14.0. The number of ether oxygens (including phenoxy) is 2. The highest BCUT2D eigenvalue weighted by molar-refractivity contribution is 8.18. The maximum Gasteiger partial charge on any atom is 0.290 e. The molecule has 130 valence electrons. The molecule has 1 heterocycles. The third-order valence-electron chi connectivity index (χ3n) is 3.28. The molecule has 0 atom stereocenters. The van der Waals surface area contributed by atoms with Gasteiger partial charge in [-0.3, -0.25) is 14.9 Å². The molecule has 0 unspecified atom stereocenters. The fourth-order valence-corrected chi connectivity index (χ4v) is 2.78. The highest BCUT2D eigenvalue weighted by Gasteiger charge is 2.25. The molecule has 1 aromatic carbocycles. The number of methoxy groups -OCH3 is 1. The number of amides is 2. The van der Waals surface area contributed by atoms with Gasteiger partial charge in [-0.2, -0.15) is 0 Å². The Balaban J connectivity index is 2.09. The minimum Gasteiger partial charge on any atom is -0.497 e. The molecular formula is C17H22N2O4S. The van der Waals surface area contributed by atoms with E-state index in [1.165, 1.54) is 0 Å². The van der Waals surface area contributed by atoms with Gasteiger partial charge in [-0.05, 0) is 49.0 Å². The van der Waals surface area contributed by atoms with Gasteiger partial charge in [-0.1, -0.05) is 13.8 Å². The van der Waals surface area contributed by atoms with Gasteiger partial charge in [0.15, 0.2) is 0 Å². The molecule has 0 bridgehead atoms. The van der Waals surface area contributed by atoms with Gasteiger partial charge in [0, 0.05) is 11.6 Å². The monoisotopic (exact) mass is 350 g/mol. The lowest BCUT2D eigenvalue weighted by Gasteiger charge is -2.12. The second-order valence-corrected chi connectivity index (χ2v) is 6.58. The van der Waals surface area contributed by atoms with Gasteiger partial charge in [0.1, 0.15) is 11.5 Å². The van der Waals surface area contributed by atoms with Crippen LogP contribution in [0.15, 0.2) is 23.1 Å². The summed E-state index contributed by atoms with van der Waals surface area (Å²) in [5, 5.41) is 5.21. The van der Waals surface area contributed by atoms with Crippen LogP contribution in [0.3, 0.4) is 0 Å². The molecule has 2 N–H and O–H groups in total. The van der Waals surface area contributed by atoms with E-state index in [2.05, 4.69) is 24.5 Å². The van der Waals surface area contributed by atoms with Crippen molar-refractivity contribution in [1.82, 2.24) is 10.6 Å². The molecule has 1 fully saturated rings. The van der Waals surface area contributed by atoms with E-state index in [1.54, 1.807) is 31.4 Å². The zero-order chi connectivity index (χ0) is 17.5. The average Bonchev–Trinajstić information content (AvgIpc) is 2.85. The molecule has 1 aliphatic rings. The van der Waals surface area contributed by atoms with Crippen LogP contribution in [0.2, 0.25) is 0 Å². The normalized spacial score (nSPS) is 15.9. The van der Waals surface area contributed by atoms with Crippen molar-refractivity contribution in [2.45, 2.75) is 26.3 Å². The van der Waals surface area contributed by atoms with E-state index in [0.29, 0.717) is 34.6 Å². The Morgan fingerprint density at radius 3 is 2.75 bits per heavy atom. The molecule has 0 radical (unpaired) electrons. The summed E-state index contributed by atoms with van der Waals surface area (Å²) in [4.78, 5) is 23.4. The molecular weight excluding hydrogens is 328 g/mol. The molecule has 0 spiro atoms. The van der Waals surface area contributed by atoms with Gasteiger partial charge < -0.3 is 14.8 Å². The molecule has 24 heavy (non-hydrogen) atoms. The first kappa shape index (κ1) is 18.4. The average molecular weight is 350 g/mol. The Morgan fingerprint density at radius 2 is 2.12 bits per heavy atom. The molecule has 0 aromatic heterocycles. The van der Waals surface area contributed by atoms with Gasteiger partial charge in [-0.15, -0.1) is 0 Å².